The summed E-state index contributed by atoms with van der Waals surface area (Å²) in [6.07, 6.45) is 0. The maximum absolute atomic E-state index is 11.8. The van der Waals surface area contributed by atoms with Crippen LogP contribution in [-0.4, -0.2) is 18.1 Å². The molecule has 0 unspecified atom stereocenters. The number of amides is 2. The van der Waals surface area contributed by atoms with Gasteiger partial charge < -0.3 is 15.4 Å². The second-order valence-electron chi connectivity index (χ2n) is 4.46. The lowest BCUT2D eigenvalue weighted by molar-refractivity contribution is -0.384. The summed E-state index contributed by atoms with van der Waals surface area (Å²) in [5.74, 6) is 0.741. The molecule has 0 heterocycles. The van der Waals surface area contributed by atoms with Crippen LogP contribution >= 0.6 is 0 Å². The van der Waals surface area contributed by atoms with Gasteiger partial charge in [-0.3, -0.25) is 10.1 Å². The number of anilines is 1. The quantitative estimate of drug-likeness (QED) is 0.656. The first-order valence-corrected chi connectivity index (χ1v) is 6.51. The van der Waals surface area contributed by atoms with Crippen molar-refractivity contribution >= 4 is 17.4 Å². The number of rotatable bonds is 5. The van der Waals surface area contributed by atoms with Crippen molar-refractivity contribution in [3.05, 3.63) is 64.2 Å². The van der Waals surface area contributed by atoms with Crippen LogP contribution in [0.2, 0.25) is 0 Å². The molecule has 0 bridgehead atoms. The summed E-state index contributed by atoms with van der Waals surface area (Å²) in [5, 5.41) is 15.9. The summed E-state index contributed by atoms with van der Waals surface area (Å²) >= 11 is 0. The molecule has 114 valence electrons. The molecule has 2 rings (SSSR count). The van der Waals surface area contributed by atoms with E-state index in [-0.39, 0.29) is 5.69 Å². The number of ether oxygens (including phenoxy) is 1. The van der Waals surface area contributed by atoms with E-state index in [9.17, 15) is 14.9 Å². The first-order valence-electron chi connectivity index (χ1n) is 6.51. The van der Waals surface area contributed by atoms with Gasteiger partial charge in [-0.1, -0.05) is 18.2 Å². The van der Waals surface area contributed by atoms with Crippen molar-refractivity contribution in [2.75, 3.05) is 12.4 Å². The molecule has 0 spiro atoms. The summed E-state index contributed by atoms with van der Waals surface area (Å²) in [6.45, 7) is 0.338. The van der Waals surface area contributed by atoms with Crippen LogP contribution in [0.5, 0.6) is 5.75 Å². The van der Waals surface area contributed by atoms with Gasteiger partial charge in [0, 0.05) is 24.4 Å². The third-order valence-corrected chi connectivity index (χ3v) is 2.93. The van der Waals surface area contributed by atoms with Crippen LogP contribution in [0.1, 0.15) is 5.56 Å². The normalized spacial score (nSPS) is 9.86. The average Bonchev–Trinajstić information content (AvgIpc) is 2.53. The molecule has 2 amide bonds. The highest BCUT2D eigenvalue weighted by molar-refractivity contribution is 5.89. The number of carbonyl (C=O) groups is 1. The van der Waals surface area contributed by atoms with Crippen molar-refractivity contribution in [1.82, 2.24) is 5.32 Å². The zero-order valence-corrected chi connectivity index (χ0v) is 11.9. The van der Waals surface area contributed by atoms with Gasteiger partial charge in [0.05, 0.1) is 12.0 Å². The SMILES string of the molecule is COc1ccc(CNC(=O)Nc2cccc([N+](=O)[O-])c2)cc1. The van der Waals surface area contributed by atoms with Gasteiger partial charge in [0.1, 0.15) is 5.75 Å². The van der Waals surface area contributed by atoms with E-state index in [0.29, 0.717) is 12.2 Å². The highest BCUT2D eigenvalue weighted by Crippen LogP contribution is 2.17. The molecular formula is C15H15N3O4. The van der Waals surface area contributed by atoms with E-state index >= 15 is 0 Å². The molecular weight excluding hydrogens is 286 g/mol. The Morgan fingerprint density at radius 3 is 2.59 bits per heavy atom. The topological polar surface area (TPSA) is 93.5 Å². The number of hydrogen-bond donors (Lipinski definition) is 2. The van der Waals surface area contributed by atoms with Gasteiger partial charge in [0.2, 0.25) is 0 Å². The molecule has 0 aliphatic carbocycles. The highest BCUT2D eigenvalue weighted by atomic mass is 16.6. The number of benzene rings is 2. The fourth-order valence-electron chi connectivity index (χ4n) is 1.80. The van der Waals surface area contributed by atoms with Crippen molar-refractivity contribution in [2.24, 2.45) is 0 Å². The van der Waals surface area contributed by atoms with Crippen molar-refractivity contribution in [3.63, 3.8) is 0 Å². The number of methoxy groups -OCH3 is 1. The lowest BCUT2D eigenvalue weighted by Crippen LogP contribution is -2.28. The molecule has 0 aliphatic heterocycles. The molecule has 2 aromatic carbocycles. The number of carbonyl (C=O) groups excluding carboxylic acids is 1. The molecule has 0 radical (unpaired) electrons. The lowest BCUT2D eigenvalue weighted by Gasteiger charge is -2.08. The van der Waals surface area contributed by atoms with Crippen LogP contribution in [-0.2, 0) is 6.54 Å². The number of hydrogen-bond acceptors (Lipinski definition) is 4. The summed E-state index contributed by atoms with van der Waals surface area (Å²) in [4.78, 5) is 21.9. The third kappa shape index (κ3) is 4.20. The molecule has 7 nitrogen and oxygen atoms in total. The molecule has 0 aliphatic rings. The van der Waals surface area contributed by atoms with Gasteiger partial charge in [-0.15, -0.1) is 0 Å². The molecule has 7 heteroatoms. The second-order valence-corrected chi connectivity index (χ2v) is 4.46. The first-order chi connectivity index (χ1) is 10.6. The van der Waals surface area contributed by atoms with Crippen molar-refractivity contribution < 1.29 is 14.5 Å². The van der Waals surface area contributed by atoms with E-state index in [1.165, 1.54) is 18.2 Å². The molecule has 2 aromatic rings. The number of nitrogens with one attached hydrogen (secondary N) is 2. The largest absolute Gasteiger partial charge is 0.497 e. The highest BCUT2D eigenvalue weighted by Gasteiger charge is 2.07. The Morgan fingerprint density at radius 2 is 1.95 bits per heavy atom. The molecule has 0 atom stereocenters. The minimum atomic E-state index is -0.513. The van der Waals surface area contributed by atoms with Gasteiger partial charge in [0.25, 0.3) is 5.69 Å². The predicted octanol–water partition coefficient (Wildman–Crippen LogP) is 2.93. The maximum Gasteiger partial charge on any atom is 0.319 e. The van der Waals surface area contributed by atoms with Crippen LogP contribution in [0.15, 0.2) is 48.5 Å². The van der Waals surface area contributed by atoms with Crippen LogP contribution < -0.4 is 15.4 Å². The Kier molecular flexibility index (Phi) is 4.92. The zero-order valence-electron chi connectivity index (χ0n) is 11.9. The first kappa shape index (κ1) is 15.3. The van der Waals surface area contributed by atoms with Crippen molar-refractivity contribution in [2.45, 2.75) is 6.54 Å². The van der Waals surface area contributed by atoms with Crippen molar-refractivity contribution in [1.29, 1.82) is 0 Å². The molecule has 2 N–H and O–H groups in total. The van der Waals surface area contributed by atoms with Gasteiger partial charge in [-0.25, -0.2) is 4.79 Å². The minimum Gasteiger partial charge on any atom is -0.497 e. The Balaban J connectivity index is 1.89. The van der Waals surface area contributed by atoms with Crippen LogP contribution in [0.4, 0.5) is 16.2 Å². The summed E-state index contributed by atoms with van der Waals surface area (Å²) in [7, 11) is 1.58. The molecule has 0 aromatic heterocycles. The predicted molar refractivity (Wildman–Crippen MR) is 81.9 cm³/mol. The molecule has 0 saturated carbocycles. The van der Waals surface area contributed by atoms with E-state index in [0.717, 1.165) is 11.3 Å². The van der Waals surface area contributed by atoms with Gasteiger partial charge in [0.15, 0.2) is 0 Å². The molecule has 22 heavy (non-hydrogen) atoms. The standard InChI is InChI=1S/C15H15N3O4/c1-22-14-7-5-11(6-8-14)10-16-15(19)17-12-3-2-4-13(9-12)18(20)21/h2-9H,10H2,1H3,(H2,16,17,19). The fraction of sp³-hybridized carbons (Fsp3) is 0.133. The molecule has 0 fully saturated rings. The van der Waals surface area contributed by atoms with Gasteiger partial charge in [-0.05, 0) is 23.8 Å². The van der Waals surface area contributed by atoms with Crippen LogP contribution in [0.3, 0.4) is 0 Å². The van der Waals surface area contributed by atoms with Crippen molar-refractivity contribution in [3.8, 4) is 5.75 Å². The molecule has 0 saturated heterocycles. The smallest absolute Gasteiger partial charge is 0.319 e. The zero-order chi connectivity index (χ0) is 15.9. The Bertz CT molecular complexity index is 671. The Hall–Kier alpha value is -3.09. The van der Waals surface area contributed by atoms with E-state index in [2.05, 4.69) is 10.6 Å². The van der Waals surface area contributed by atoms with Crippen LogP contribution in [0.25, 0.3) is 0 Å². The summed E-state index contributed by atoms with van der Waals surface area (Å²) in [6, 6.07) is 12.6. The second kappa shape index (κ2) is 7.07. The number of nitro benzene ring substituents is 1. The summed E-state index contributed by atoms with van der Waals surface area (Å²) in [5.41, 5.74) is 1.20. The number of urea groups is 1. The van der Waals surface area contributed by atoms with Gasteiger partial charge in [-0.2, -0.15) is 0 Å². The number of nitrogens with zero attached hydrogens (tertiary/aromatic N) is 1. The Morgan fingerprint density at radius 1 is 1.23 bits per heavy atom. The maximum atomic E-state index is 11.8. The number of non-ortho nitro benzene ring substituents is 1. The average molecular weight is 301 g/mol. The summed E-state index contributed by atoms with van der Waals surface area (Å²) < 4.78 is 5.05. The van der Waals surface area contributed by atoms with E-state index in [1.54, 1.807) is 25.3 Å². The van der Waals surface area contributed by atoms with E-state index in [4.69, 9.17) is 4.74 Å². The lowest BCUT2D eigenvalue weighted by atomic mass is 10.2. The third-order valence-electron chi connectivity index (χ3n) is 2.93. The fourth-order valence-corrected chi connectivity index (χ4v) is 1.80. The van der Waals surface area contributed by atoms with Crippen LogP contribution in [0, 0.1) is 10.1 Å². The van der Waals surface area contributed by atoms with Gasteiger partial charge >= 0.3 is 6.03 Å². The van der Waals surface area contributed by atoms with E-state index in [1.807, 2.05) is 12.1 Å². The minimum absolute atomic E-state index is 0.0760. The Labute approximate surface area is 127 Å². The monoisotopic (exact) mass is 301 g/mol. The van der Waals surface area contributed by atoms with E-state index < -0.39 is 11.0 Å². The number of nitro groups is 1.